The monoisotopic (exact) mass is 483 g/mol. The van der Waals surface area contributed by atoms with Gasteiger partial charge in [-0.1, -0.05) is 36.8 Å². The lowest BCUT2D eigenvalue weighted by Crippen LogP contribution is -2.43. The molecule has 6 nitrogen and oxygen atoms in total. The number of hydrogen-bond donors (Lipinski definition) is 1. The van der Waals surface area contributed by atoms with Crippen LogP contribution in [0.1, 0.15) is 56.7 Å². The molecule has 0 aromatic heterocycles. The van der Waals surface area contributed by atoms with E-state index in [2.05, 4.69) is 41.4 Å². The lowest BCUT2D eigenvalue weighted by Gasteiger charge is -2.33. The van der Waals surface area contributed by atoms with E-state index in [0.29, 0.717) is 30.8 Å². The molecular formula is C27H37N3O3S. The van der Waals surface area contributed by atoms with Gasteiger partial charge in [-0.15, -0.1) is 0 Å². The normalized spacial score (nSPS) is 21.3. The topological polar surface area (TPSA) is 69.7 Å². The highest BCUT2D eigenvalue weighted by Gasteiger charge is 2.32. The Morgan fingerprint density at radius 2 is 1.62 bits per heavy atom. The molecule has 34 heavy (non-hydrogen) atoms. The van der Waals surface area contributed by atoms with E-state index in [1.807, 2.05) is 26.0 Å². The van der Waals surface area contributed by atoms with Gasteiger partial charge >= 0.3 is 0 Å². The number of nitrogens with one attached hydrogen (secondary N) is 1. The summed E-state index contributed by atoms with van der Waals surface area (Å²) in [4.78, 5) is 15.7. The fourth-order valence-electron chi connectivity index (χ4n) is 5.03. The first kappa shape index (κ1) is 24.7. The van der Waals surface area contributed by atoms with Crippen LogP contribution in [0.5, 0.6) is 0 Å². The average molecular weight is 484 g/mol. The first-order chi connectivity index (χ1) is 16.2. The zero-order valence-corrected chi connectivity index (χ0v) is 21.4. The Kier molecular flexibility index (Phi) is 7.63. The molecule has 0 bridgehead atoms. The highest BCUT2D eigenvalue weighted by molar-refractivity contribution is 7.89. The molecule has 2 aliphatic heterocycles. The van der Waals surface area contributed by atoms with Crippen LogP contribution in [0.2, 0.25) is 0 Å². The van der Waals surface area contributed by atoms with E-state index >= 15 is 0 Å². The van der Waals surface area contributed by atoms with Crippen LogP contribution in [0.3, 0.4) is 0 Å². The standard InChI is InChI=1S/C27H37N3O3S/c1-20-6-12-26(13-7-20)34(32,33)30-17-14-24(15-18-30)27(31)28-22(3)23-8-10-25(11-9-23)29-16-4-5-21(2)19-29/h6-13,21-22,24H,4-5,14-19H2,1-3H3,(H,28,31). The Hall–Kier alpha value is -2.38. The lowest BCUT2D eigenvalue weighted by molar-refractivity contribution is -0.126. The largest absolute Gasteiger partial charge is 0.371 e. The summed E-state index contributed by atoms with van der Waals surface area (Å²) >= 11 is 0. The maximum atomic E-state index is 12.9. The summed E-state index contributed by atoms with van der Waals surface area (Å²) in [7, 11) is -3.51. The molecule has 7 heteroatoms. The maximum absolute atomic E-state index is 12.9. The molecule has 2 aromatic rings. The van der Waals surface area contributed by atoms with Gasteiger partial charge in [-0.05, 0) is 75.3 Å². The predicted molar refractivity (Wildman–Crippen MR) is 136 cm³/mol. The second kappa shape index (κ2) is 10.5. The summed E-state index contributed by atoms with van der Waals surface area (Å²) < 4.78 is 27.3. The average Bonchev–Trinajstić information content (AvgIpc) is 2.84. The van der Waals surface area contributed by atoms with Crippen LogP contribution in [0.4, 0.5) is 5.69 Å². The summed E-state index contributed by atoms with van der Waals surface area (Å²) in [5.74, 6) is 0.569. The van der Waals surface area contributed by atoms with Crippen molar-refractivity contribution < 1.29 is 13.2 Å². The van der Waals surface area contributed by atoms with Gasteiger partial charge in [0.15, 0.2) is 0 Å². The second-order valence-electron chi connectivity index (χ2n) is 10.0. The van der Waals surface area contributed by atoms with Gasteiger partial charge in [-0.25, -0.2) is 8.42 Å². The van der Waals surface area contributed by atoms with E-state index in [0.717, 1.165) is 30.1 Å². The number of aryl methyl sites for hydroxylation is 1. The van der Waals surface area contributed by atoms with Gasteiger partial charge in [0, 0.05) is 37.8 Å². The third-order valence-corrected chi connectivity index (χ3v) is 9.17. The van der Waals surface area contributed by atoms with Crippen LogP contribution < -0.4 is 10.2 Å². The smallest absolute Gasteiger partial charge is 0.243 e. The number of carbonyl (C=O) groups is 1. The number of rotatable bonds is 6. The van der Waals surface area contributed by atoms with Crippen LogP contribution in [0.25, 0.3) is 0 Å². The van der Waals surface area contributed by atoms with E-state index in [9.17, 15) is 13.2 Å². The van der Waals surface area contributed by atoms with Crippen LogP contribution >= 0.6 is 0 Å². The molecule has 2 heterocycles. The fraction of sp³-hybridized carbons (Fsp3) is 0.519. The molecule has 0 spiro atoms. The Bertz CT molecular complexity index is 1080. The molecule has 2 unspecified atom stereocenters. The first-order valence-electron chi connectivity index (χ1n) is 12.5. The highest BCUT2D eigenvalue weighted by atomic mass is 32.2. The quantitative estimate of drug-likeness (QED) is 0.656. The highest BCUT2D eigenvalue weighted by Crippen LogP contribution is 2.27. The van der Waals surface area contributed by atoms with Crippen molar-refractivity contribution in [3.05, 3.63) is 59.7 Å². The van der Waals surface area contributed by atoms with Crippen LogP contribution in [0.15, 0.2) is 53.4 Å². The minimum absolute atomic E-state index is 0.00816. The van der Waals surface area contributed by atoms with E-state index in [1.54, 1.807) is 12.1 Å². The van der Waals surface area contributed by atoms with Gasteiger partial charge in [0.25, 0.3) is 0 Å². The Labute approximate surface area is 204 Å². The summed E-state index contributed by atoms with van der Waals surface area (Å²) in [6.45, 7) is 9.19. The van der Waals surface area contributed by atoms with Gasteiger partial charge in [0.2, 0.25) is 15.9 Å². The van der Waals surface area contributed by atoms with Crippen molar-refractivity contribution in [3.63, 3.8) is 0 Å². The summed E-state index contributed by atoms with van der Waals surface area (Å²) in [5, 5.41) is 3.14. The fourth-order valence-corrected chi connectivity index (χ4v) is 6.50. The van der Waals surface area contributed by atoms with E-state index in [1.165, 1.54) is 22.8 Å². The zero-order chi connectivity index (χ0) is 24.3. The number of nitrogens with zero attached hydrogens (tertiary/aromatic N) is 2. The van der Waals surface area contributed by atoms with Gasteiger partial charge < -0.3 is 10.2 Å². The van der Waals surface area contributed by atoms with E-state index < -0.39 is 10.0 Å². The van der Waals surface area contributed by atoms with Crippen molar-refractivity contribution in [1.29, 1.82) is 0 Å². The molecule has 1 N–H and O–H groups in total. The third-order valence-electron chi connectivity index (χ3n) is 7.26. The Morgan fingerprint density at radius 1 is 0.971 bits per heavy atom. The first-order valence-corrected chi connectivity index (χ1v) is 13.9. The number of sulfonamides is 1. The molecular weight excluding hydrogens is 446 g/mol. The molecule has 0 radical (unpaired) electrons. The SMILES string of the molecule is Cc1ccc(S(=O)(=O)N2CCC(C(=O)NC(C)c3ccc(N4CCCC(C)C4)cc3)CC2)cc1. The van der Waals surface area contributed by atoms with Crippen molar-refractivity contribution in [2.75, 3.05) is 31.1 Å². The van der Waals surface area contributed by atoms with E-state index in [-0.39, 0.29) is 17.9 Å². The third kappa shape index (κ3) is 5.63. The van der Waals surface area contributed by atoms with Crippen molar-refractivity contribution in [3.8, 4) is 0 Å². The van der Waals surface area contributed by atoms with Crippen molar-refractivity contribution in [1.82, 2.24) is 9.62 Å². The van der Waals surface area contributed by atoms with Gasteiger partial charge in [-0.3, -0.25) is 4.79 Å². The van der Waals surface area contributed by atoms with Gasteiger partial charge in [0.1, 0.15) is 0 Å². The van der Waals surface area contributed by atoms with Crippen molar-refractivity contribution >= 4 is 21.6 Å². The second-order valence-corrected chi connectivity index (χ2v) is 11.9. The van der Waals surface area contributed by atoms with E-state index in [4.69, 9.17) is 0 Å². The van der Waals surface area contributed by atoms with Crippen LogP contribution in [-0.4, -0.2) is 44.8 Å². The molecule has 2 aromatic carbocycles. The molecule has 184 valence electrons. The predicted octanol–water partition coefficient (Wildman–Crippen LogP) is 4.51. The summed E-state index contributed by atoms with van der Waals surface area (Å²) in [5.41, 5.74) is 3.36. The zero-order valence-electron chi connectivity index (χ0n) is 20.5. The Morgan fingerprint density at radius 3 is 2.24 bits per heavy atom. The van der Waals surface area contributed by atoms with Crippen LogP contribution in [0, 0.1) is 18.8 Å². The molecule has 2 fully saturated rings. The van der Waals surface area contributed by atoms with Crippen molar-refractivity contribution in [2.45, 2.75) is 57.4 Å². The molecule has 2 atom stereocenters. The minimum atomic E-state index is -3.51. The molecule has 4 rings (SSSR count). The number of hydrogen-bond acceptors (Lipinski definition) is 4. The minimum Gasteiger partial charge on any atom is -0.371 e. The number of carbonyl (C=O) groups excluding carboxylic acids is 1. The molecule has 2 aliphatic rings. The number of anilines is 1. The van der Waals surface area contributed by atoms with Crippen molar-refractivity contribution in [2.24, 2.45) is 11.8 Å². The molecule has 2 saturated heterocycles. The molecule has 1 amide bonds. The van der Waals surface area contributed by atoms with Gasteiger partial charge in [-0.2, -0.15) is 4.31 Å². The number of amides is 1. The number of piperidine rings is 2. The Balaban J connectivity index is 1.30. The summed E-state index contributed by atoms with van der Waals surface area (Å²) in [6, 6.07) is 15.4. The number of benzene rings is 2. The van der Waals surface area contributed by atoms with Crippen LogP contribution in [-0.2, 0) is 14.8 Å². The lowest BCUT2D eigenvalue weighted by atomic mass is 9.96. The maximum Gasteiger partial charge on any atom is 0.243 e. The summed E-state index contributed by atoms with van der Waals surface area (Å²) in [6.07, 6.45) is 3.61. The molecule has 0 saturated carbocycles. The molecule has 0 aliphatic carbocycles. The van der Waals surface area contributed by atoms with Gasteiger partial charge in [0.05, 0.1) is 10.9 Å².